The third kappa shape index (κ3) is 4.69. The van der Waals surface area contributed by atoms with E-state index in [0.29, 0.717) is 37.3 Å². The largest absolute Gasteiger partial charge is 0.454 e. The number of rotatable bonds is 5. The van der Waals surface area contributed by atoms with E-state index in [1.165, 1.54) is 11.1 Å². The van der Waals surface area contributed by atoms with Gasteiger partial charge in [-0.05, 0) is 47.7 Å². The summed E-state index contributed by atoms with van der Waals surface area (Å²) in [5, 5.41) is 0.310. The van der Waals surface area contributed by atoms with Crippen LogP contribution in [-0.4, -0.2) is 67.0 Å². The van der Waals surface area contributed by atoms with Crippen molar-refractivity contribution in [1.82, 2.24) is 9.80 Å². The number of amides is 3. The van der Waals surface area contributed by atoms with Crippen molar-refractivity contribution >= 4 is 29.4 Å². The van der Waals surface area contributed by atoms with Crippen LogP contribution in [0.4, 0.5) is 10.5 Å². The zero-order valence-corrected chi connectivity index (χ0v) is 20.6. The molecule has 0 radical (unpaired) electrons. The molecule has 0 spiro atoms. The first-order valence-corrected chi connectivity index (χ1v) is 13.0. The maximum absolute atomic E-state index is 13.1. The molecule has 0 aromatic heterocycles. The molecular formula is C26H31N3O4S. The van der Waals surface area contributed by atoms with E-state index >= 15 is 0 Å². The number of carbonyl (C=O) groups is 2. The van der Waals surface area contributed by atoms with Crippen molar-refractivity contribution in [3.05, 3.63) is 53.6 Å². The molecule has 3 aliphatic rings. The second-order valence-electron chi connectivity index (χ2n) is 9.24. The summed E-state index contributed by atoms with van der Waals surface area (Å²) in [6, 6.07) is 14.2. The fourth-order valence-electron chi connectivity index (χ4n) is 4.67. The molecule has 7 nitrogen and oxygen atoms in total. The molecule has 3 aliphatic heterocycles. The lowest BCUT2D eigenvalue weighted by Crippen LogP contribution is -2.43. The lowest BCUT2D eigenvalue weighted by Gasteiger charge is -2.24. The van der Waals surface area contributed by atoms with Gasteiger partial charge in [0.2, 0.25) is 12.7 Å². The van der Waals surface area contributed by atoms with Gasteiger partial charge in [0.05, 0.1) is 0 Å². The molecule has 180 valence electrons. The number of thioether (sulfide) groups is 1. The van der Waals surface area contributed by atoms with Crippen LogP contribution in [0.3, 0.4) is 0 Å². The minimum Gasteiger partial charge on any atom is -0.454 e. The smallest absolute Gasteiger partial charge is 0.325 e. The van der Waals surface area contributed by atoms with Gasteiger partial charge in [0, 0.05) is 42.9 Å². The molecular weight excluding hydrogens is 450 g/mol. The highest BCUT2D eigenvalue weighted by atomic mass is 32.2. The minimum absolute atomic E-state index is 0.0253. The first-order valence-electron chi connectivity index (χ1n) is 11.9. The number of hydrogen-bond acceptors (Lipinski definition) is 5. The monoisotopic (exact) mass is 481 g/mol. The Hall–Kier alpha value is -2.87. The van der Waals surface area contributed by atoms with Crippen LogP contribution in [0.15, 0.2) is 42.5 Å². The van der Waals surface area contributed by atoms with Gasteiger partial charge >= 0.3 is 6.03 Å². The van der Waals surface area contributed by atoms with Gasteiger partial charge in [-0.2, -0.15) is 11.8 Å². The second-order valence-corrected chi connectivity index (χ2v) is 10.6. The molecule has 34 heavy (non-hydrogen) atoms. The normalized spacial score (nSPS) is 20.3. The number of carbonyl (C=O) groups excluding carboxylic acids is 2. The van der Waals surface area contributed by atoms with E-state index in [1.807, 2.05) is 34.9 Å². The molecule has 3 amide bonds. The van der Waals surface area contributed by atoms with Crippen LogP contribution in [0.1, 0.15) is 42.6 Å². The Bertz CT molecular complexity index is 1060. The summed E-state index contributed by atoms with van der Waals surface area (Å²) in [6.45, 7) is 7.28. The average molecular weight is 482 g/mol. The van der Waals surface area contributed by atoms with Gasteiger partial charge in [0.25, 0.3) is 0 Å². The Morgan fingerprint density at radius 3 is 2.62 bits per heavy atom. The van der Waals surface area contributed by atoms with Gasteiger partial charge < -0.3 is 19.3 Å². The highest BCUT2D eigenvalue weighted by molar-refractivity contribution is 7.99. The van der Waals surface area contributed by atoms with Gasteiger partial charge in [0.1, 0.15) is 6.54 Å². The lowest BCUT2D eigenvalue weighted by molar-refractivity contribution is -0.131. The second kappa shape index (κ2) is 9.78. The van der Waals surface area contributed by atoms with Crippen molar-refractivity contribution in [1.29, 1.82) is 0 Å². The number of nitrogens with zero attached hydrogens (tertiary/aromatic N) is 3. The summed E-state index contributed by atoms with van der Waals surface area (Å²) in [5.41, 5.74) is 3.35. The van der Waals surface area contributed by atoms with Crippen molar-refractivity contribution < 1.29 is 19.1 Å². The summed E-state index contributed by atoms with van der Waals surface area (Å²) in [5.74, 6) is 2.93. The summed E-state index contributed by atoms with van der Waals surface area (Å²) < 4.78 is 10.9. The highest BCUT2D eigenvalue weighted by Crippen LogP contribution is 2.40. The van der Waals surface area contributed by atoms with Crippen molar-refractivity contribution in [2.45, 2.75) is 31.4 Å². The Balaban J connectivity index is 1.16. The third-order valence-corrected chi connectivity index (χ3v) is 8.08. The van der Waals surface area contributed by atoms with Gasteiger partial charge in [-0.15, -0.1) is 0 Å². The molecule has 2 aromatic carbocycles. The number of hydrogen-bond donors (Lipinski definition) is 0. The number of fused-ring (bicyclic) bond motifs is 1. The Labute approximate surface area is 205 Å². The fraction of sp³-hybridized carbons (Fsp3) is 0.462. The fourth-order valence-corrected chi connectivity index (χ4v) is 5.89. The van der Waals surface area contributed by atoms with Crippen LogP contribution in [0, 0.1) is 0 Å². The quantitative estimate of drug-likeness (QED) is 0.630. The molecule has 2 aromatic rings. The predicted octanol–water partition coefficient (Wildman–Crippen LogP) is 4.49. The standard InChI is InChI=1S/C26H31N3O4S/c1-18(2)19-3-6-21(7-4-19)29-12-11-28(26(29)31)16-25(30)27-10-9-24(34-14-13-27)20-5-8-22-23(15-20)33-17-32-22/h3-8,15,18,24H,9-14,16-17H2,1-2H3. The van der Waals surface area contributed by atoms with Gasteiger partial charge in [-0.1, -0.05) is 32.0 Å². The van der Waals surface area contributed by atoms with E-state index < -0.39 is 0 Å². The molecule has 0 saturated carbocycles. The molecule has 3 heterocycles. The zero-order chi connectivity index (χ0) is 23.7. The predicted molar refractivity (Wildman–Crippen MR) is 134 cm³/mol. The van der Waals surface area contributed by atoms with Crippen LogP contribution < -0.4 is 14.4 Å². The maximum atomic E-state index is 13.1. The first-order chi connectivity index (χ1) is 16.5. The molecule has 1 atom stereocenters. The summed E-state index contributed by atoms with van der Waals surface area (Å²) in [6.07, 6.45) is 0.873. The first kappa shape index (κ1) is 22.9. The molecule has 5 rings (SSSR count). The number of ether oxygens (including phenoxy) is 2. The average Bonchev–Trinajstić information content (AvgIpc) is 3.37. The third-order valence-electron chi connectivity index (χ3n) is 6.76. The number of anilines is 1. The minimum atomic E-state index is -0.0897. The van der Waals surface area contributed by atoms with E-state index in [4.69, 9.17) is 9.47 Å². The Morgan fingerprint density at radius 2 is 1.82 bits per heavy atom. The van der Waals surface area contributed by atoms with Crippen LogP contribution >= 0.6 is 11.8 Å². The van der Waals surface area contributed by atoms with Crippen molar-refractivity contribution in [2.24, 2.45) is 0 Å². The summed E-state index contributed by atoms with van der Waals surface area (Å²) in [4.78, 5) is 31.4. The topological polar surface area (TPSA) is 62.3 Å². The van der Waals surface area contributed by atoms with Crippen LogP contribution in [0.25, 0.3) is 0 Å². The summed E-state index contributed by atoms with van der Waals surface area (Å²) in [7, 11) is 0. The van der Waals surface area contributed by atoms with Gasteiger partial charge in [0.15, 0.2) is 11.5 Å². The summed E-state index contributed by atoms with van der Waals surface area (Å²) >= 11 is 1.87. The molecule has 8 heteroatoms. The SMILES string of the molecule is CC(C)c1ccc(N2CCN(CC(=O)N3CCSC(c4ccc5c(c4)OCO5)CC3)C2=O)cc1. The van der Waals surface area contributed by atoms with Crippen molar-refractivity contribution in [3.63, 3.8) is 0 Å². The van der Waals surface area contributed by atoms with E-state index in [9.17, 15) is 9.59 Å². The molecule has 2 saturated heterocycles. The number of urea groups is 1. The van der Waals surface area contributed by atoms with Crippen LogP contribution in [-0.2, 0) is 4.79 Å². The lowest BCUT2D eigenvalue weighted by atomic mass is 10.0. The van der Waals surface area contributed by atoms with Crippen molar-refractivity contribution in [2.75, 3.05) is 50.2 Å². The molecule has 1 unspecified atom stereocenters. The van der Waals surface area contributed by atoms with Gasteiger partial charge in [-0.25, -0.2) is 4.79 Å². The van der Waals surface area contributed by atoms with Crippen LogP contribution in [0.5, 0.6) is 11.5 Å². The Kier molecular flexibility index (Phi) is 6.59. The number of benzene rings is 2. The molecule has 0 N–H and O–H groups in total. The molecule has 2 fully saturated rings. The molecule has 0 bridgehead atoms. The Morgan fingerprint density at radius 1 is 1.03 bits per heavy atom. The van der Waals surface area contributed by atoms with E-state index in [1.54, 1.807) is 9.80 Å². The zero-order valence-electron chi connectivity index (χ0n) is 19.7. The maximum Gasteiger partial charge on any atom is 0.325 e. The highest BCUT2D eigenvalue weighted by Gasteiger charge is 2.32. The van der Waals surface area contributed by atoms with Gasteiger partial charge in [-0.3, -0.25) is 9.69 Å². The van der Waals surface area contributed by atoms with E-state index in [2.05, 4.69) is 38.1 Å². The van der Waals surface area contributed by atoms with Crippen molar-refractivity contribution in [3.8, 4) is 11.5 Å². The van der Waals surface area contributed by atoms with E-state index in [0.717, 1.165) is 29.4 Å². The molecule has 0 aliphatic carbocycles. The van der Waals surface area contributed by atoms with E-state index in [-0.39, 0.29) is 25.3 Å². The van der Waals surface area contributed by atoms with Crippen LogP contribution in [0.2, 0.25) is 0 Å².